The van der Waals surface area contributed by atoms with E-state index in [4.69, 9.17) is 14.5 Å². The first-order chi connectivity index (χ1) is 16.5. The maximum atomic E-state index is 13.3. The van der Waals surface area contributed by atoms with Crippen molar-refractivity contribution in [1.29, 1.82) is 0 Å². The lowest BCUT2D eigenvalue weighted by Crippen LogP contribution is -2.17. The van der Waals surface area contributed by atoms with Crippen LogP contribution in [0.2, 0.25) is 0 Å². The molecular formula is C23H24N8O3. The number of rotatable bonds is 7. The molecule has 0 amide bonds. The molecule has 0 aliphatic carbocycles. The summed E-state index contributed by atoms with van der Waals surface area (Å²) in [5.41, 5.74) is 3.13. The van der Waals surface area contributed by atoms with Crippen molar-refractivity contribution in [2.45, 2.75) is 19.9 Å². The summed E-state index contributed by atoms with van der Waals surface area (Å²) >= 11 is 0. The SMILES string of the molecule is CCOc1cc2[nH]c(-c3c(N[C@@H](C)c4ncccn4)c4nn(C)cc4[nH]c3=O)nc2cc1OC. The maximum absolute atomic E-state index is 13.3. The molecule has 0 saturated carbocycles. The van der Waals surface area contributed by atoms with E-state index in [0.29, 0.717) is 63.1 Å². The Labute approximate surface area is 194 Å². The van der Waals surface area contributed by atoms with Gasteiger partial charge in [-0.05, 0) is 19.9 Å². The van der Waals surface area contributed by atoms with Crippen LogP contribution in [0.3, 0.4) is 0 Å². The Morgan fingerprint density at radius 3 is 2.68 bits per heavy atom. The van der Waals surface area contributed by atoms with Crippen LogP contribution in [0.1, 0.15) is 25.7 Å². The van der Waals surface area contributed by atoms with Crippen LogP contribution < -0.4 is 20.3 Å². The molecule has 0 radical (unpaired) electrons. The third kappa shape index (κ3) is 3.70. The van der Waals surface area contributed by atoms with Gasteiger partial charge in [0.1, 0.15) is 22.7 Å². The topological polar surface area (TPSA) is 136 Å². The minimum Gasteiger partial charge on any atom is -0.493 e. The van der Waals surface area contributed by atoms with Gasteiger partial charge in [0.2, 0.25) is 0 Å². The molecule has 0 saturated heterocycles. The summed E-state index contributed by atoms with van der Waals surface area (Å²) in [6.07, 6.45) is 5.11. The molecule has 1 atom stereocenters. The number of ether oxygens (including phenoxy) is 2. The molecule has 5 rings (SSSR count). The molecule has 0 spiro atoms. The van der Waals surface area contributed by atoms with E-state index < -0.39 is 0 Å². The molecule has 4 heterocycles. The number of nitrogens with one attached hydrogen (secondary N) is 3. The number of benzene rings is 1. The Bertz CT molecular complexity index is 1540. The van der Waals surface area contributed by atoms with Gasteiger partial charge >= 0.3 is 0 Å². The predicted octanol–water partition coefficient (Wildman–Crippen LogP) is 3.18. The number of hydrogen-bond acceptors (Lipinski definition) is 8. The summed E-state index contributed by atoms with van der Waals surface area (Å²) in [5.74, 6) is 2.14. The van der Waals surface area contributed by atoms with Gasteiger partial charge in [-0.1, -0.05) is 0 Å². The number of aromatic amines is 2. The quantitative estimate of drug-likeness (QED) is 0.337. The first kappa shape index (κ1) is 21.4. The van der Waals surface area contributed by atoms with Crippen LogP contribution in [0, 0.1) is 0 Å². The molecule has 3 N–H and O–H groups in total. The Kier molecular flexibility index (Phi) is 5.36. The summed E-state index contributed by atoms with van der Waals surface area (Å²) < 4.78 is 12.8. The number of aromatic nitrogens is 7. The average Bonchev–Trinajstić information content (AvgIpc) is 3.41. The van der Waals surface area contributed by atoms with E-state index in [9.17, 15) is 4.79 Å². The van der Waals surface area contributed by atoms with Gasteiger partial charge in [0.05, 0.1) is 42.0 Å². The molecule has 11 heteroatoms. The molecule has 4 aromatic heterocycles. The zero-order valence-corrected chi connectivity index (χ0v) is 19.2. The Hall–Kier alpha value is -4.41. The van der Waals surface area contributed by atoms with E-state index in [1.54, 1.807) is 49.6 Å². The maximum Gasteiger partial charge on any atom is 0.261 e. The number of pyridine rings is 1. The molecule has 11 nitrogen and oxygen atoms in total. The van der Waals surface area contributed by atoms with Crippen molar-refractivity contribution in [3.63, 3.8) is 0 Å². The van der Waals surface area contributed by atoms with Gasteiger partial charge in [0.15, 0.2) is 11.5 Å². The Morgan fingerprint density at radius 1 is 1.15 bits per heavy atom. The average molecular weight is 460 g/mol. The van der Waals surface area contributed by atoms with Crippen molar-refractivity contribution in [3.8, 4) is 22.9 Å². The summed E-state index contributed by atoms with van der Waals surface area (Å²) in [6, 6.07) is 5.06. The monoisotopic (exact) mass is 460 g/mol. The van der Waals surface area contributed by atoms with E-state index in [1.165, 1.54) is 0 Å². The van der Waals surface area contributed by atoms with Gasteiger partial charge in [0.25, 0.3) is 5.56 Å². The van der Waals surface area contributed by atoms with Crippen LogP contribution in [0.5, 0.6) is 11.5 Å². The van der Waals surface area contributed by atoms with Crippen LogP contribution in [-0.2, 0) is 7.05 Å². The fourth-order valence-electron chi connectivity index (χ4n) is 3.93. The minimum absolute atomic E-state index is 0.291. The van der Waals surface area contributed by atoms with Gasteiger partial charge in [-0.15, -0.1) is 0 Å². The van der Waals surface area contributed by atoms with Gasteiger partial charge < -0.3 is 24.8 Å². The number of fused-ring (bicyclic) bond motifs is 2. The van der Waals surface area contributed by atoms with Crippen LogP contribution in [0.15, 0.2) is 41.6 Å². The highest BCUT2D eigenvalue weighted by atomic mass is 16.5. The molecule has 1 aromatic carbocycles. The first-order valence-corrected chi connectivity index (χ1v) is 10.8. The van der Waals surface area contributed by atoms with Gasteiger partial charge in [0, 0.05) is 37.8 Å². The first-order valence-electron chi connectivity index (χ1n) is 10.8. The normalized spacial score (nSPS) is 12.2. The van der Waals surface area contributed by atoms with Crippen molar-refractivity contribution in [3.05, 3.63) is 53.0 Å². The van der Waals surface area contributed by atoms with Crippen molar-refractivity contribution < 1.29 is 9.47 Å². The molecule has 34 heavy (non-hydrogen) atoms. The van der Waals surface area contributed by atoms with E-state index >= 15 is 0 Å². The van der Waals surface area contributed by atoms with E-state index in [2.05, 4.69) is 30.4 Å². The van der Waals surface area contributed by atoms with Crippen molar-refractivity contribution in [1.82, 2.24) is 34.7 Å². The second-order valence-electron chi connectivity index (χ2n) is 7.78. The van der Waals surface area contributed by atoms with Gasteiger partial charge in [-0.2, -0.15) is 5.10 Å². The van der Waals surface area contributed by atoms with Crippen LogP contribution in [0.25, 0.3) is 33.5 Å². The lowest BCUT2D eigenvalue weighted by molar-refractivity contribution is 0.311. The second-order valence-corrected chi connectivity index (χ2v) is 7.78. The van der Waals surface area contributed by atoms with E-state index in [0.717, 1.165) is 0 Å². The third-order valence-corrected chi connectivity index (χ3v) is 5.43. The smallest absolute Gasteiger partial charge is 0.261 e. The number of H-pyrrole nitrogens is 2. The molecular weight excluding hydrogens is 436 g/mol. The van der Waals surface area contributed by atoms with Gasteiger partial charge in [-0.3, -0.25) is 9.48 Å². The number of aryl methyl sites for hydroxylation is 1. The second kappa shape index (κ2) is 8.50. The number of hydrogen-bond donors (Lipinski definition) is 3. The highest BCUT2D eigenvalue weighted by Crippen LogP contribution is 2.35. The Balaban J connectivity index is 1.70. The molecule has 0 fully saturated rings. The van der Waals surface area contributed by atoms with Crippen molar-refractivity contribution in [2.75, 3.05) is 19.0 Å². The number of imidazole rings is 1. The molecule has 5 aromatic rings. The fraction of sp³-hybridized carbons (Fsp3) is 0.261. The number of anilines is 1. The van der Waals surface area contributed by atoms with Crippen LogP contribution >= 0.6 is 0 Å². The third-order valence-electron chi connectivity index (χ3n) is 5.43. The molecule has 0 aliphatic heterocycles. The molecule has 0 bridgehead atoms. The summed E-state index contributed by atoms with van der Waals surface area (Å²) in [6.45, 7) is 4.32. The molecule has 174 valence electrons. The fourth-order valence-corrected chi connectivity index (χ4v) is 3.93. The minimum atomic E-state index is -0.305. The number of methoxy groups -OCH3 is 1. The highest BCUT2D eigenvalue weighted by molar-refractivity contribution is 5.96. The summed E-state index contributed by atoms with van der Waals surface area (Å²) in [4.78, 5) is 32.8. The predicted molar refractivity (Wildman–Crippen MR) is 128 cm³/mol. The largest absolute Gasteiger partial charge is 0.493 e. The lowest BCUT2D eigenvalue weighted by atomic mass is 10.1. The van der Waals surface area contributed by atoms with E-state index in [-0.39, 0.29) is 11.6 Å². The molecule has 0 aliphatic rings. The summed E-state index contributed by atoms with van der Waals surface area (Å²) in [5, 5.41) is 7.96. The standard InChI is InChI=1S/C23H24N8O3/c1-5-34-17-10-14-13(9-16(17)33-4)27-22(28-14)18-20(26-12(2)21-24-7-6-8-25-21)19-15(29-23(18)32)11-31(3)30-19/h6-12,26H,5H2,1-4H3,(H,27,28)(H,29,32)/t12-/m0/s1. The van der Waals surface area contributed by atoms with E-state index in [1.807, 2.05) is 19.9 Å². The van der Waals surface area contributed by atoms with Crippen LogP contribution in [-0.4, -0.2) is 48.4 Å². The van der Waals surface area contributed by atoms with Crippen molar-refractivity contribution >= 4 is 27.8 Å². The Morgan fingerprint density at radius 2 is 1.94 bits per heavy atom. The molecule has 0 unspecified atom stereocenters. The van der Waals surface area contributed by atoms with Crippen LogP contribution in [0.4, 0.5) is 5.69 Å². The highest BCUT2D eigenvalue weighted by Gasteiger charge is 2.23. The van der Waals surface area contributed by atoms with Crippen molar-refractivity contribution in [2.24, 2.45) is 7.05 Å². The lowest BCUT2D eigenvalue weighted by Gasteiger charge is -2.16. The van der Waals surface area contributed by atoms with Gasteiger partial charge in [-0.25, -0.2) is 15.0 Å². The summed E-state index contributed by atoms with van der Waals surface area (Å²) in [7, 11) is 3.38. The zero-order valence-electron chi connectivity index (χ0n) is 19.2. The number of nitrogens with zero attached hydrogens (tertiary/aromatic N) is 5. The zero-order chi connectivity index (χ0) is 23.8.